The first-order valence-corrected chi connectivity index (χ1v) is 10.5. The first kappa shape index (κ1) is 22.6. The zero-order valence-electron chi connectivity index (χ0n) is 17.0. The third kappa shape index (κ3) is 3.94. The van der Waals surface area contributed by atoms with E-state index in [4.69, 9.17) is 42.1 Å². The average Bonchev–Trinajstić information content (AvgIpc) is 2.78. The quantitative estimate of drug-likeness (QED) is 0.261. The van der Waals surface area contributed by atoms with Gasteiger partial charge in [-0.05, 0) is 17.7 Å². The lowest BCUT2D eigenvalue weighted by Crippen LogP contribution is -2.23. The Morgan fingerprint density at radius 1 is 0.633 bits per heavy atom. The number of hydrogen-bond acceptors (Lipinski definition) is 4. The van der Waals surface area contributed by atoms with Crippen molar-refractivity contribution in [2.45, 2.75) is 4.32 Å². The Kier molecular flexibility index (Phi) is 7.06. The van der Waals surface area contributed by atoms with E-state index < -0.39 is 4.32 Å². The molecule has 0 aliphatic heterocycles. The Morgan fingerprint density at radius 2 is 1.03 bits per heavy atom. The van der Waals surface area contributed by atoms with E-state index >= 15 is 0 Å². The van der Waals surface area contributed by atoms with Gasteiger partial charge in [-0.15, -0.1) is 0 Å². The van der Waals surface area contributed by atoms with Gasteiger partial charge in [0.1, 0.15) is 27.3 Å². The maximum Gasteiger partial charge on any atom is 0.141 e. The fourth-order valence-corrected chi connectivity index (χ4v) is 4.75. The number of benzene rings is 3. The van der Waals surface area contributed by atoms with E-state index in [0.717, 1.165) is 16.7 Å². The van der Waals surface area contributed by atoms with E-state index in [9.17, 15) is 0 Å². The van der Waals surface area contributed by atoms with Gasteiger partial charge in [0.05, 0.1) is 38.5 Å². The van der Waals surface area contributed by atoms with E-state index in [-0.39, 0.29) is 0 Å². The highest BCUT2D eigenvalue weighted by Gasteiger charge is 2.40. The standard InChI is InChI=1S/C23H21BrCl2O4/c1-27-19-12-21(29-3)17(25)10-15(19)23(24,14-8-6-5-7-9-14)16-11-18(26)22(30-4)13-20(16)28-2/h5-13H,1-4H3. The smallest absolute Gasteiger partial charge is 0.141 e. The molecule has 0 aliphatic rings. The van der Waals surface area contributed by atoms with Gasteiger partial charge in [-0.1, -0.05) is 69.5 Å². The van der Waals surface area contributed by atoms with Gasteiger partial charge in [0.25, 0.3) is 0 Å². The van der Waals surface area contributed by atoms with E-state index in [1.165, 1.54) is 0 Å². The van der Waals surface area contributed by atoms with E-state index in [1.807, 2.05) is 42.5 Å². The van der Waals surface area contributed by atoms with Crippen LogP contribution >= 0.6 is 39.1 Å². The predicted octanol–water partition coefficient (Wildman–Crippen LogP) is 6.71. The molecule has 0 bridgehead atoms. The molecule has 0 saturated heterocycles. The summed E-state index contributed by atoms with van der Waals surface area (Å²) in [5.74, 6) is 2.21. The molecule has 3 aromatic rings. The molecular formula is C23H21BrCl2O4. The number of halogens is 3. The minimum Gasteiger partial charge on any atom is -0.496 e. The van der Waals surface area contributed by atoms with Crippen molar-refractivity contribution in [3.05, 3.63) is 81.3 Å². The summed E-state index contributed by atoms with van der Waals surface area (Å²) in [6.07, 6.45) is 0. The van der Waals surface area contributed by atoms with Gasteiger partial charge in [0.2, 0.25) is 0 Å². The van der Waals surface area contributed by atoms with E-state index in [1.54, 1.807) is 40.6 Å². The summed E-state index contributed by atoms with van der Waals surface area (Å²) in [6.45, 7) is 0. The summed E-state index contributed by atoms with van der Waals surface area (Å²) in [6, 6.07) is 17.0. The van der Waals surface area contributed by atoms with Crippen molar-refractivity contribution >= 4 is 39.1 Å². The fourth-order valence-electron chi connectivity index (χ4n) is 3.38. The maximum atomic E-state index is 6.51. The molecular weight excluding hydrogens is 491 g/mol. The number of ether oxygens (including phenoxy) is 4. The zero-order chi connectivity index (χ0) is 21.9. The molecule has 7 heteroatoms. The molecule has 0 fully saturated rings. The molecule has 0 amide bonds. The van der Waals surface area contributed by atoms with Crippen molar-refractivity contribution in [2.75, 3.05) is 28.4 Å². The molecule has 0 atom stereocenters. The van der Waals surface area contributed by atoms with Crippen LogP contribution in [0, 0.1) is 0 Å². The topological polar surface area (TPSA) is 36.9 Å². The summed E-state index contributed by atoms with van der Waals surface area (Å²) in [7, 11) is 6.32. The van der Waals surface area contributed by atoms with Gasteiger partial charge >= 0.3 is 0 Å². The van der Waals surface area contributed by atoms with Crippen LogP contribution in [-0.4, -0.2) is 28.4 Å². The van der Waals surface area contributed by atoms with Crippen LogP contribution in [0.15, 0.2) is 54.6 Å². The molecule has 3 aromatic carbocycles. The van der Waals surface area contributed by atoms with Crippen LogP contribution in [-0.2, 0) is 4.32 Å². The molecule has 0 saturated carbocycles. The number of rotatable bonds is 7. The minimum atomic E-state index is -0.892. The first-order valence-electron chi connectivity index (χ1n) is 8.99. The van der Waals surface area contributed by atoms with Crippen LogP contribution in [0.2, 0.25) is 10.0 Å². The maximum absolute atomic E-state index is 6.51. The molecule has 0 unspecified atom stereocenters. The second-order valence-electron chi connectivity index (χ2n) is 6.40. The van der Waals surface area contributed by atoms with Gasteiger partial charge in [-0.3, -0.25) is 0 Å². The lowest BCUT2D eigenvalue weighted by atomic mass is 9.83. The predicted molar refractivity (Wildman–Crippen MR) is 124 cm³/mol. The highest BCUT2D eigenvalue weighted by molar-refractivity contribution is 9.10. The summed E-state index contributed by atoms with van der Waals surface area (Å²) in [5.41, 5.74) is 2.46. The van der Waals surface area contributed by atoms with E-state index in [0.29, 0.717) is 33.0 Å². The number of hydrogen-bond donors (Lipinski definition) is 0. The van der Waals surface area contributed by atoms with Gasteiger partial charge in [0.15, 0.2) is 0 Å². The van der Waals surface area contributed by atoms with Gasteiger partial charge in [-0.2, -0.15) is 0 Å². The van der Waals surface area contributed by atoms with Crippen molar-refractivity contribution in [1.29, 1.82) is 0 Å². The fraction of sp³-hybridized carbons (Fsp3) is 0.217. The van der Waals surface area contributed by atoms with Crippen molar-refractivity contribution in [3.63, 3.8) is 0 Å². The summed E-state index contributed by atoms with van der Waals surface area (Å²) >= 11 is 17.0. The Hall–Kier alpha value is -2.08. The highest BCUT2D eigenvalue weighted by atomic mass is 79.9. The molecule has 0 radical (unpaired) electrons. The Bertz CT molecular complexity index is 980. The van der Waals surface area contributed by atoms with Crippen molar-refractivity contribution in [3.8, 4) is 23.0 Å². The third-order valence-corrected chi connectivity index (χ3v) is 6.76. The lowest BCUT2D eigenvalue weighted by molar-refractivity contribution is 0.385. The molecule has 0 heterocycles. The summed E-state index contributed by atoms with van der Waals surface area (Å²) < 4.78 is 21.3. The molecule has 0 N–H and O–H groups in total. The molecule has 0 aromatic heterocycles. The molecule has 4 nitrogen and oxygen atoms in total. The summed E-state index contributed by atoms with van der Waals surface area (Å²) in [5, 5.41) is 0.901. The van der Waals surface area contributed by atoms with Gasteiger partial charge in [-0.25, -0.2) is 0 Å². The molecule has 3 rings (SSSR count). The molecule has 0 aliphatic carbocycles. The second kappa shape index (κ2) is 9.38. The van der Waals surface area contributed by atoms with Crippen molar-refractivity contribution in [2.24, 2.45) is 0 Å². The number of alkyl halides is 1. The van der Waals surface area contributed by atoms with Crippen LogP contribution in [0.1, 0.15) is 16.7 Å². The highest BCUT2D eigenvalue weighted by Crippen LogP contribution is 2.54. The van der Waals surface area contributed by atoms with E-state index in [2.05, 4.69) is 15.9 Å². The van der Waals surface area contributed by atoms with Gasteiger partial charge < -0.3 is 18.9 Å². The third-order valence-electron chi connectivity index (χ3n) is 4.86. The van der Waals surface area contributed by atoms with Gasteiger partial charge in [0, 0.05) is 23.3 Å². The average molecular weight is 512 g/mol. The minimum absolute atomic E-state index is 0.451. The number of methoxy groups -OCH3 is 4. The largest absolute Gasteiger partial charge is 0.496 e. The second-order valence-corrected chi connectivity index (χ2v) is 8.40. The molecule has 0 spiro atoms. The Labute approximate surface area is 194 Å². The monoisotopic (exact) mass is 510 g/mol. The Balaban J connectivity index is 2.42. The van der Waals surface area contributed by atoms with Crippen molar-refractivity contribution in [1.82, 2.24) is 0 Å². The van der Waals surface area contributed by atoms with Crippen LogP contribution in [0.3, 0.4) is 0 Å². The first-order chi connectivity index (χ1) is 14.4. The van der Waals surface area contributed by atoms with Crippen molar-refractivity contribution < 1.29 is 18.9 Å². The summed E-state index contributed by atoms with van der Waals surface area (Å²) in [4.78, 5) is 0. The zero-order valence-corrected chi connectivity index (χ0v) is 20.1. The van der Waals surface area contributed by atoms with Crippen LogP contribution in [0.4, 0.5) is 0 Å². The van der Waals surface area contributed by atoms with Crippen LogP contribution in [0.25, 0.3) is 0 Å². The molecule has 30 heavy (non-hydrogen) atoms. The lowest BCUT2D eigenvalue weighted by Gasteiger charge is -2.33. The molecule has 158 valence electrons. The van der Waals surface area contributed by atoms with Crippen LogP contribution < -0.4 is 18.9 Å². The normalized spacial score (nSPS) is 11.2. The SMILES string of the molecule is COc1cc(OC)c(C(Br)(c2ccccc2)c2cc(Cl)c(OC)cc2OC)cc1Cl. The van der Waals surface area contributed by atoms with Crippen LogP contribution in [0.5, 0.6) is 23.0 Å². The Morgan fingerprint density at radius 3 is 1.40 bits per heavy atom.